The number of carbonyl (C=O) groups excluding carboxylic acids is 2. The summed E-state index contributed by atoms with van der Waals surface area (Å²) in [5.74, 6) is -0.382. The van der Waals surface area contributed by atoms with E-state index < -0.39 is 0 Å². The Morgan fingerprint density at radius 3 is 2.30 bits per heavy atom. The number of anilines is 1. The van der Waals surface area contributed by atoms with Crippen molar-refractivity contribution in [3.8, 4) is 0 Å². The standard InChI is InChI=1S/C22H23ClN2O2/c1-13(2)12-25-21(26)19(16-8-10-17(23)11-9-16)20(22(25)27)24-18-7-5-6-14(3)15(18)4/h5-11,13,24H,12H2,1-4H3. The molecule has 0 bridgehead atoms. The molecule has 0 radical (unpaired) electrons. The van der Waals surface area contributed by atoms with Crippen LogP contribution < -0.4 is 5.32 Å². The van der Waals surface area contributed by atoms with Crippen molar-refractivity contribution in [2.75, 3.05) is 11.9 Å². The van der Waals surface area contributed by atoms with Crippen LogP contribution in [0.5, 0.6) is 0 Å². The van der Waals surface area contributed by atoms with Gasteiger partial charge in [0.1, 0.15) is 5.70 Å². The van der Waals surface area contributed by atoms with Crippen molar-refractivity contribution < 1.29 is 9.59 Å². The fraction of sp³-hybridized carbons (Fsp3) is 0.273. The third kappa shape index (κ3) is 3.76. The molecule has 5 heteroatoms. The third-order valence-corrected chi connectivity index (χ3v) is 4.96. The highest BCUT2D eigenvalue weighted by Crippen LogP contribution is 2.32. The number of hydrogen-bond donors (Lipinski definition) is 1. The number of carbonyl (C=O) groups is 2. The summed E-state index contributed by atoms with van der Waals surface area (Å²) in [6.45, 7) is 8.36. The number of amides is 2. The molecule has 2 aromatic carbocycles. The Hall–Kier alpha value is -2.59. The number of rotatable bonds is 5. The zero-order valence-corrected chi connectivity index (χ0v) is 16.7. The van der Waals surface area contributed by atoms with Crippen LogP contribution in [-0.4, -0.2) is 23.3 Å². The van der Waals surface area contributed by atoms with Crippen LogP contribution in [0.4, 0.5) is 5.69 Å². The zero-order valence-electron chi connectivity index (χ0n) is 16.0. The molecule has 0 saturated heterocycles. The molecule has 0 saturated carbocycles. The van der Waals surface area contributed by atoms with Crippen LogP contribution in [0.1, 0.15) is 30.5 Å². The Bertz CT molecular complexity index is 930. The van der Waals surface area contributed by atoms with Gasteiger partial charge in [0.05, 0.1) is 5.57 Å². The van der Waals surface area contributed by atoms with E-state index >= 15 is 0 Å². The van der Waals surface area contributed by atoms with Gasteiger partial charge >= 0.3 is 0 Å². The van der Waals surface area contributed by atoms with Gasteiger partial charge in [0.15, 0.2) is 0 Å². The molecule has 140 valence electrons. The fourth-order valence-electron chi connectivity index (χ4n) is 3.13. The van der Waals surface area contributed by atoms with E-state index in [0.717, 1.165) is 16.8 Å². The molecular formula is C22H23ClN2O2. The molecule has 1 N–H and O–H groups in total. The van der Waals surface area contributed by atoms with E-state index in [4.69, 9.17) is 11.6 Å². The highest BCUT2D eigenvalue weighted by molar-refractivity contribution is 6.37. The summed E-state index contributed by atoms with van der Waals surface area (Å²) in [6, 6.07) is 12.9. The maximum absolute atomic E-state index is 13.1. The second kappa shape index (κ2) is 7.57. The van der Waals surface area contributed by atoms with Crippen LogP contribution in [0.25, 0.3) is 5.57 Å². The van der Waals surface area contributed by atoms with Crippen molar-refractivity contribution in [3.05, 3.63) is 69.9 Å². The summed E-state index contributed by atoms with van der Waals surface area (Å²) in [5, 5.41) is 3.81. The SMILES string of the molecule is Cc1cccc(NC2=C(c3ccc(Cl)cc3)C(=O)N(CC(C)C)C2=O)c1C. The Labute approximate surface area is 164 Å². The van der Waals surface area contributed by atoms with Gasteiger partial charge in [-0.3, -0.25) is 14.5 Å². The Balaban J connectivity index is 2.10. The lowest BCUT2D eigenvalue weighted by molar-refractivity contribution is -0.137. The molecule has 1 aliphatic rings. The first-order valence-electron chi connectivity index (χ1n) is 8.99. The van der Waals surface area contributed by atoms with E-state index in [0.29, 0.717) is 28.4 Å². The summed E-state index contributed by atoms with van der Waals surface area (Å²) in [4.78, 5) is 27.4. The molecule has 3 rings (SSSR count). The quantitative estimate of drug-likeness (QED) is 0.755. The van der Waals surface area contributed by atoms with Gasteiger partial charge in [0.2, 0.25) is 0 Å². The van der Waals surface area contributed by atoms with Crippen LogP contribution in [0, 0.1) is 19.8 Å². The largest absolute Gasteiger partial charge is 0.350 e. The Morgan fingerprint density at radius 1 is 1.00 bits per heavy atom. The van der Waals surface area contributed by atoms with Gasteiger partial charge < -0.3 is 5.32 Å². The lowest BCUT2D eigenvalue weighted by atomic mass is 10.0. The van der Waals surface area contributed by atoms with Crippen LogP contribution >= 0.6 is 11.6 Å². The number of nitrogens with zero attached hydrogens (tertiary/aromatic N) is 1. The Morgan fingerprint density at radius 2 is 1.67 bits per heavy atom. The van der Waals surface area contributed by atoms with E-state index in [2.05, 4.69) is 5.32 Å². The zero-order chi connectivity index (χ0) is 19.7. The minimum absolute atomic E-state index is 0.185. The molecule has 27 heavy (non-hydrogen) atoms. The predicted octanol–water partition coefficient (Wildman–Crippen LogP) is 4.80. The molecule has 0 aromatic heterocycles. The first-order chi connectivity index (χ1) is 12.8. The van der Waals surface area contributed by atoms with Gasteiger partial charge in [-0.15, -0.1) is 0 Å². The lowest BCUT2D eigenvalue weighted by Gasteiger charge is -2.18. The van der Waals surface area contributed by atoms with Crippen LogP contribution in [0.2, 0.25) is 5.02 Å². The molecule has 2 aromatic rings. The predicted molar refractivity (Wildman–Crippen MR) is 109 cm³/mol. The van der Waals surface area contributed by atoms with E-state index in [-0.39, 0.29) is 17.7 Å². The molecule has 4 nitrogen and oxygen atoms in total. The molecule has 1 aliphatic heterocycles. The van der Waals surface area contributed by atoms with Gasteiger partial charge in [0.25, 0.3) is 11.8 Å². The number of imide groups is 1. The maximum atomic E-state index is 13.1. The number of nitrogens with one attached hydrogen (secondary N) is 1. The number of aryl methyl sites for hydroxylation is 1. The third-order valence-electron chi connectivity index (χ3n) is 4.71. The van der Waals surface area contributed by atoms with E-state index in [1.807, 2.05) is 45.9 Å². The summed E-state index contributed by atoms with van der Waals surface area (Å²) >= 11 is 5.99. The van der Waals surface area contributed by atoms with Crippen LogP contribution in [0.15, 0.2) is 48.2 Å². The molecule has 0 unspecified atom stereocenters. The molecular weight excluding hydrogens is 360 g/mol. The second-order valence-corrected chi connectivity index (χ2v) is 7.68. The number of hydrogen-bond acceptors (Lipinski definition) is 3. The molecule has 0 aliphatic carbocycles. The molecule has 0 atom stereocenters. The minimum Gasteiger partial charge on any atom is -0.350 e. The molecule has 1 heterocycles. The van der Waals surface area contributed by atoms with Crippen LogP contribution in [0.3, 0.4) is 0 Å². The smallest absolute Gasteiger partial charge is 0.278 e. The van der Waals surface area contributed by atoms with E-state index in [1.54, 1.807) is 24.3 Å². The summed E-state index contributed by atoms with van der Waals surface area (Å²) in [5.41, 5.74) is 4.36. The van der Waals surface area contributed by atoms with Gasteiger partial charge in [0, 0.05) is 17.3 Å². The highest BCUT2D eigenvalue weighted by atomic mass is 35.5. The van der Waals surface area contributed by atoms with Crippen molar-refractivity contribution in [1.29, 1.82) is 0 Å². The van der Waals surface area contributed by atoms with Crippen molar-refractivity contribution in [2.24, 2.45) is 5.92 Å². The van der Waals surface area contributed by atoms with Crippen molar-refractivity contribution in [1.82, 2.24) is 4.90 Å². The van der Waals surface area contributed by atoms with Crippen LogP contribution in [-0.2, 0) is 9.59 Å². The second-order valence-electron chi connectivity index (χ2n) is 7.24. The van der Waals surface area contributed by atoms with E-state index in [9.17, 15) is 9.59 Å². The summed E-state index contributed by atoms with van der Waals surface area (Å²) in [6.07, 6.45) is 0. The number of benzene rings is 2. The van der Waals surface area contributed by atoms with Gasteiger partial charge in [-0.25, -0.2) is 0 Å². The van der Waals surface area contributed by atoms with E-state index in [1.165, 1.54) is 4.90 Å². The average molecular weight is 383 g/mol. The summed E-state index contributed by atoms with van der Waals surface area (Å²) in [7, 11) is 0. The van der Waals surface area contributed by atoms with Crippen molar-refractivity contribution >= 4 is 34.7 Å². The van der Waals surface area contributed by atoms with Gasteiger partial charge in [-0.2, -0.15) is 0 Å². The fourth-order valence-corrected chi connectivity index (χ4v) is 3.25. The molecule has 0 fully saturated rings. The van der Waals surface area contributed by atoms with Crippen molar-refractivity contribution in [3.63, 3.8) is 0 Å². The lowest BCUT2D eigenvalue weighted by Crippen LogP contribution is -2.35. The highest BCUT2D eigenvalue weighted by Gasteiger charge is 2.39. The van der Waals surface area contributed by atoms with Gasteiger partial charge in [-0.05, 0) is 54.7 Å². The average Bonchev–Trinajstić information content (AvgIpc) is 2.84. The van der Waals surface area contributed by atoms with Crippen molar-refractivity contribution in [2.45, 2.75) is 27.7 Å². The maximum Gasteiger partial charge on any atom is 0.278 e. The topological polar surface area (TPSA) is 49.4 Å². The molecule has 0 spiro atoms. The normalized spacial score (nSPS) is 14.5. The molecule has 2 amide bonds. The first-order valence-corrected chi connectivity index (χ1v) is 9.37. The van der Waals surface area contributed by atoms with Gasteiger partial charge in [-0.1, -0.05) is 49.7 Å². The Kier molecular flexibility index (Phi) is 5.38. The first kappa shape index (κ1) is 19.2. The monoisotopic (exact) mass is 382 g/mol. The minimum atomic E-state index is -0.292. The number of halogens is 1. The summed E-state index contributed by atoms with van der Waals surface area (Å²) < 4.78 is 0.